The Labute approximate surface area is 160 Å². The smallest absolute Gasteiger partial charge is 0.410 e. The van der Waals surface area contributed by atoms with Crippen molar-refractivity contribution >= 4 is 28.9 Å². The van der Waals surface area contributed by atoms with E-state index in [1.165, 1.54) is 11.8 Å². The maximum absolute atomic E-state index is 12.1. The van der Waals surface area contributed by atoms with E-state index in [1.807, 2.05) is 25.7 Å². The molecule has 2 fully saturated rings. The monoisotopic (exact) mass is 385 g/mol. The highest BCUT2D eigenvalue weighted by molar-refractivity contribution is 8.14. The second-order valence-electron chi connectivity index (χ2n) is 7.94. The van der Waals surface area contributed by atoms with E-state index in [2.05, 4.69) is 4.90 Å². The third-order valence-corrected chi connectivity index (χ3v) is 5.42. The molecular formula is C18H31N3O4S. The summed E-state index contributed by atoms with van der Waals surface area (Å²) in [4.78, 5) is 41.2. The summed E-state index contributed by atoms with van der Waals surface area (Å²) >= 11 is 1.28. The van der Waals surface area contributed by atoms with Gasteiger partial charge in [-0.3, -0.25) is 14.5 Å². The summed E-state index contributed by atoms with van der Waals surface area (Å²) in [6.07, 6.45) is 1.14. The summed E-state index contributed by atoms with van der Waals surface area (Å²) < 4.78 is 5.41. The van der Waals surface area contributed by atoms with Crippen molar-refractivity contribution in [3.05, 3.63) is 0 Å². The highest BCUT2D eigenvalue weighted by atomic mass is 32.2. The van der Waals surface area contributed by atoms with Crippen LogP contribution in [0, 0.1) is 0 Å². The molecule has 26 heavy (non-hydrogen) atoms. The van der Waals surface area contributed by atoms with Crippen LogP contribution in [0.2, 0.25) is 0 Å². The van der Waals surface area contributed by atoms with Crippen LogP contribution in [0.5, 0.6) is 0 Å². The lowest BCUT2D eigenvalue weighted by molar-refractivity contribution is -0.127. The van der Waals surface area contributed by atoms with Crippen LogP contribution in [-0.2, 0) is 14.3 Å². The van der Waals surface area contributed by atoms with Gasteiger partial charge in [0.2, 0.25) is 5.91 Å². The molecule has 0 bridgehead atoms. The van der Waals surface area contributed by atoms with Gasteiger partial charge in [0, 0.05) is 57.9 Å². The van der Waals surface area contributed by atoms with Crippen LogP contribution in [0.25, 0.3) is 0 Å². The first-order valence-electron chi connectivity index (χ1n) is 9.29. The topological polar surface area (TPSA) is 70.2 Å². The van der Waals surface area contributed by atoms with E-state index in [9.17, 15) is 14.4 Å². The average molecular weight is 386 g/mol. The van der Waals surface area contributed by atoms with Crippen molar-refractivity contribution in [2.75, 3.05) is 45.8 Å². The van der Waals surface area contributed by atoms with Crippen LogP contribution in [0.15, 0.2) is 0 Å². The summed E-state index contributed by atoms with van der Waals surface area (Å²) in [6.45, 7) is 12.5. The number of piperazine rings is 1. The largest absolute Gasteiger partial charge is 0.444 e. The Balaban J connectivity index is 1.64. The van der Waals surface area contributed by atoms with Crippen LogP contribution in [0.4, 0.5) is 4.79 Å². The number of rotatable bonds is 5. The van der Waals surface area contributed by atoms with Crippen molar-refractivity contribution in [3.63, 3.8) is 0 Å². The Hall–Kier alpha value is -1.28. The Morgan fingerprint density at radius 1 is 1.15 bits per heavy atom. The SMILES string of the molecule is CC(=O)SC1CC(=O)N(CCCN2CCN(C(=O)OC(C)(C)C)CC2)C1. The van der Waals surface area contributed by atoms with E-state index in [4.69, 9.17) is 4.74 Å². The molecule has 0 spiro atoms. The van der Waals surface area contributed by atoms with Gasteiger partial charge in [0.1, 0.15) is 5.60 Å². The molecule has 0 aromatic rings. The predicted molar refractivity (Wildman–Crippen MR) is 102 cm³/mol. The van der Waals surface area contributed by atoms with Gasteiger partial charge in [-0.25, -0.2) is 4.79 Å². The number of hydrogen-bond donors (Lipinski definition) is 0. The molecular weight excluding hydrogens is 354 g/mol. The Kier molecular flexibility index (Phi) is 7.34. The van der Waals surface area contributed by atoms with Gasteiger partial charge in [-0.1, -0.05) is 11.8 Å². The second-order valence-corrected chi connectivity index (χ2v) is 9.42. The quantitative estimate of drug-likeness (QED) is 0.719. The zero-order valence-corrected chi connectivity index (χ0v) is 17.1. The Morgan fingerprint density at radius 2 is 1.81 bits per heavy atom. The van der Waals surface area contributed by atoms with Gasteiger partial charge in [-0.05, 0) is 33.7 Å². The molecule has 2 amide bonds. The molecule has 8 heteroatoms. The number of hydrogen-bond acceptors (Lipinski definition) is 6. The van der Waals surface area contributed by atoms with Gasteiger partial charge in [0.05, 0.1) is 0 Å². The van der Waals surface area contributed by atoms with E-state index in [1.54, 1.807) is 11.8 Å². The first-order chi connectivity index (χ1) is 12.1. The fourth-order valence-corrected chi connectivity index (χ4v) is 4.18. The van der Waals surface area contributed by atoms with Gasteiger partial charge in [-0.15, -0.1) is 0 Å². The van der Waals surface area contributed by atoms with Crippen molar-refractivity contribution in [2.45, 2.75) is 51.4 Å². The maximum atomic E-state index is 12.1. The van der Waals surface area contributed by atoms with E-state index >= 15 is 0 Å². The number of nitrogens with zero attached hydrogens (tertiary/aromatic N) is 3. The molecule has 0 radical (unpaired) electrons. The highest BCUT2D eigenvalue weighted by Crippen LogP contribution is 2.24. The fourth-order valence-electron chi connectivity index (χ4n) is 3.23. The lowest BCUT2D eigenvalue weighted by Crippen LogP contribution is -2.50. The second kappa shape index (κ2) is 9.08. The van der Waals surface area contributed by atoms with E-state index in [-0.39, 0.29) is 22.4 Å². The number of carbonyl (C=O) groups is 3. The third kappa shape index (κ3) is 6.79. The number of amides is 2. The first-order valence-corrected chi connectivity index (χ1v) is 10.2. The summed E-state index contributed by atoms with van der Waals surface area (Å²) in [5.74, 6) is 0.151. The lowest BCUT2D eigenvalue weighted by atomic mass is 10.2. The van der Waals surface area contributed by atoms with Crippen molar-refractivity contribution in [2.24, 2.45) is 0 Å². The third-order valence-electron chi connectivity index (χ3n) is 4.44. The van der Waals surface area contributed by atoms with Crippen molar-refractivity contribution in [1.29, 1.82) is 0 Å². The van der Waals surface area contributed by atoms with E-state index in [0.29, 0.717) is 26.1 Å². The molecule has 2 rings (SSSR count). The maximum Gasteiger partial charge on any atom is 0.410 e. The summed E-state index contributed by atoms with van der Waals surface area (Å²) in [6, 6.07) is 0. The minimum Gasteiger partial charge on any atom is -0.444 e. The van der Waals surface area contributed by atoms with Crippen LogP contribution in [0.1, 0.15) is 40.5 Å². The standard InChI is InChI=1S/C18H31N3O4S/c1-14(22)26-15-12-16(23)21(13-15)7-5-6-19-8-10-20(11-9-19)17(24)25-18(2,3)4/h15H,5-13H2,1-4H3. The molecule has 148 valence electrons. The van der Waals surface area contributed by atoms with Crippen molar-refractivity contribution in [3.8, 4) is 0 Å². The average Bonchev–Trinajstić information content (AvgIpc) is 2.85. The fraction of sp³-hybridized carbons (Fsp3) is 0.833. The van der Waals surface area contributed by atoms with Crippen LogP contribution in [0.3, 0.4) is 0 Å². The molecule has 1 unspecified atom stereocenters. The van der Waals surface area contributed by atoms with Crippen LogP contribution >= 0.6 is 11.8 Å². The van der Waals surface area contributed by atoms with Gasteiger partial charge in [0.15, 0.2) is 5.12 Å². The number of likely N-dealkylation sites (tertiary alicyclic amines) is 1. The zero-order valence-electron chi connectivity index (χ0n) is 16.3. The summed E-state index contributed by atoms with van der Waals surface area (Å²) in [5, 5.41) is 0.185. The minimum absolute atomic E-state index is 0.0764. The van der Waals surface area contributed by atoms with Crippen molar-refractivity contribution in [1.82, 2.24) is 14.7 Å². The molecule has 0 saturated carbocycles. The minimum atomic E-state index is -0.463. The lowest BCUT2D eigenvalue weighted by Gasteiger charge is -2.35. The Morgan fingerprint density at radius 3 is 2.38 bits per heavy atom. The van der Waals surface area contributed by atoms with Gasteiger partial charge < -0.3 is 14.5 Å². The number of ether oxygens (including phenoxy) is 1. The molecule has 2 aliphatic heterocycles. The Bertz CT molecular complexity index is 527. The molecule has 7 nitrogen and oxygen atoms in total. The molecule has 0 aliphatic carbocycles. The molecule has 2 aliphatic rings. The highest BCUT2D eigenvalue weighted by Gasteiger charge is 2.31. The molecule has 0 N–H and O–H groups in total. The number of carbonyl (C=O) groups excluding carboxylic acids is 3. The molecule has 1 atom stereocenters. The molecule has 2 heterocycles. The number of thioether (sulfide) groups is 1. The first kappa shape index (κ1) is 21.0. The molecule has 0 aromatic heterocycles. The normalized spacial score (nSPS) is 22.0. The van der Waals surface area contributed by atoms with Gasteiger partial charge in [-0.2, -0.15) is 0 Å². The summed E-state index contributed by atoms with van der Waals surface area (Å²) in [5.41, 5.74) is -0.463. The predicted octanol–water partition coefficient (Wildman–Crippen LogP) is 1.81. The van der Waals surface area contributed by atoms with Crippen LogP contribution in [-0.4, -0.2) is 88.5 Å². The zero-order chi connectivity index (χ0) is 19.3. The molecule has 2 saturated heterocycles. The summed E-state index contributed by atoms with van der Waals surface area (Å²) in [7, 11) is 0. The van der Waals surface area contributed by atoms with Gasteiger partial charge in [0.25, 0.3) is 0 Å². The van der Waals surface area contributed by atoms with Gasteiger partial charge >= 0.3 is 6.09 Å². The van der Waals surface area contributed by atoms with E-state index in [0.717, 1.165) is 32.6 Å². The molecule has 0 aromatic carbocycles. The van der Waals surface area contributed by atoms with E-state index < -0.39 is 5.60 Å². The van der Waals surface area contributed by atoms with Crippen LogP contribution < -0.4 is 0 Å². The van der Waals surface area contributed by atoms with Crippen molar-refractivity contribution < 1.29 is 19.1 Å².